The van der Waals surface area contributed by atoms with Crippen LogP contribution in [-0.2, 0) is 14.3 Å². The summed E-state index contributed by atoms with van der Waals surface area (Å²) in [6, 6.07) is -0.497. The van der Waals surface area contributed by atoms with E-state index in [4.69, 9.17) is 4.74 Å². The fourth-order valence-electron chi connectivity index (χ4n) is 3.19. The number of amides is 2. The number of likely N-dealkylation sites (tertiary alicyclic amines) is 1. The summed E-state index contributed by atoms with van der Waals surface area (Å²) in [6.45, 7) is 8.07. The Morgan fingerprint density at radius 3 is 2.62 bits per heavy atom. The minimum atomic E-state index is -1.21. The number of hydrogen-bond donors (Lipinski definition) is 1. The Morgan fingerprint density at radius 1 is 1.48 bits per heavy atom. The standard InChI is InChI=1S/C15H25FN2O3/c1-9(2)21-13-10(16)7-18(8-15(13,3)4)14(20)11-5-6-12(19)17-11/h9-11,13H,5-8H2,1-4H3,(H,17,19)/t10-,11+,13-/m1/s1. The predicted octanol–water partition coefficient (Wildman–Crippen LogP) is 1.27. The molecule has 21 heavy (non-hydrogen) atoms. The molecule has 0 spiro atoms. The third-order valence-corrected chi connectivity index (χ3v) is 4.12. The Kier molecular flexibility index (Phi) is 4.56. The van der Waals surface area contributed by atoms with Crippen LogP contribution in [0.1, 0.15) is 40.5 Å². The van der Waals surface area contributed by atoms with E-state index in [9.17, 15) is 14.0 Å². The van der Waals surface area contributed by atoms with E-state index in [1.54, 1.807) is 0 Å². The van der Waals surface area contributed by atoms with Crippen molar-refractivity contribution in [1.29, 1.82) is 0 Å². The molecule has 2 aliphatic heterocycles. The van der Waals surface area contributed by atoms with E-state index in [1.807, 2.05) is 27.7 Å². The number of nitrogens with zero attached hydrogens (tertiary/aromatic N) is 1. The van der Waals surface area contributed by atoms with Gasteiger partial charge >= 0.3 is 0 Å². The molecule has 2 amide bonds. The van der Waals surface area contributed by atoms with Crippen LogP contribution >= 0.6 is 0 Å². The zero-order valence-electron chi connectivity index (χ0n) is 13.2. The first kappa shape index (κ1) is 16.2. The first-order valence-corrected chi connectivity index (χ1v) is 7.58. The number of ether oxygens (including phenoxy) is 1. The van der Waals surface area contributed by atoms with Crippen LogP contribution in [0.2, 0.25) is 0 Å². The van der Waals surface area contributed by atoms with E-state index in [-0.39, 0.29) is 24.5 Å². The van der Waals surface area contributed by atoms with E-state index in [1.165, 1.54) is 4.90 Å². The number of carbonyl (C=O) groups excluding carboxylic acids is 2. The molecule has 5 nitrogen and oxygen atoms in total. The molecule has 0 unspecified atom stereocenters. The van der Waals surface area contributed by atoms with Crippen LogP contribution in [0.3, 0.4) is 0 Å². The molecule has 2 heterocycles. The minimum Gasteiger partial charge on any atom is -0.372 e. The van der Waals surface area contributed by atoms with Gasteiger partial charge in [-0.25, -0.2) is 4.39 Å². The number of hydrogen-bond acceptors (Lipinski definition) is 3. The summed E-state index contributed by atoms with van der Waals surface area (Å²) in [5, 5.41) is 2.65. The molecule has 0 aromatic carbocycles. The van der Waals surface area contributed by atoms with Gasteiger partial charge in [-0.05, 0) is 20.3 Å². The Balaban J connectivity index is 2.05. The molecule has 1 N–H and O–H groups in total. The summed E-state index contributed by atoms with van der Waals surface area (Å²) >= 11 is 0. The van der Waals surface area contributed by atoms with Crippen molar-refractivity contribution in [2.45, 2.75) is 65.0 Å². The van der Waals surface area contributed by atoms with Crippen molar-refractivity contribution in [2.75, 3.05) is 13.1 Å². The van der Waals surface area contributed by atoms with Crippen LogP contribution in [0.4, 0.5) is 4.39 Å². The van der Waals surface area contributed by atoms with Gasteiger partial charge in [0.2, 0.25) is 11.8 Å². The van der Waals surface area contributed by atoms with E-state index < -0.39 is 23.7 Å². The Bertz CT molecular complexity index is 425. The van der Waals surface area contributed by atoms with Crippen molar-refractivity contribution >= 4 is 11.8 Å². The second-order valence-corrected chi connectivity index (χ2v) is 6.99. The molecule has 0 aliphatic carbocycles. The van der Waals surface area contributed by atoms with Gasteiger partial charge in [-0.3, -0.25) is 9.59 Å². The number of rotatable bonds is 3. The molecule has 0 bridgehead atoms. The number of halogens is 1. The van der Waals surface area contributed by atoms with Gasteiger partial charge in [0.05, 0.1) is 18.8 Å². The summed E-state index contributed by atoms with van der Waals surface area (Å²) < 4.78 is 20.2. The lowest BCUT2D eigenvalue weighted by molar-refractivity contribution is -0.158. The highest BCUT2D eigenvalue weighted by atomic mass is 19.1. The Labute approximate surface area is 125 Å². The number of nitrogens with one attached hydrogen (secondary N) is 1. The fourth-order valence-corrected chi connectivity index (χ4v) is 3.19. The van der Waals surface area contributed by atoms with Crippen molar-refractivity contribution in [3.05, 3.63) is 0 Å². The first-order valence-electron chi connectivity index (χ1n) is 7.58. The van der Waals surface area contributed by atoms with Crippen molar-refractivity contribution in [1.82, 2.24) is 10.2 Å². The normalized spacial score (nSPS) is 32.4. The van der Waals surface area contributed by atoms with Crippen molar-refractivity contribution in [3.8, 4) is 0 Å². The molecule has 0 radical (unpaired) electrons. The Hall–Kier alpha value is -1.17. The second-order valence-electron chi connectivity index (χ2n) is 6.99. The van der Waals surface area contributed by atoms with Crippen LogP contribution in [-0.4, -0.2) is 54.2 Å². The number of carbonyl (C=O) groups is 2. The van der Waals surface area contributed by atoms with Crippen LogP contribution in [0.15, 0.2) is 0 Å². The molecule has 2 rings (SSSR count). The zero-order chi connectivity index (χ0) is 15.8. The molecule has 120 valence electrons. The third kappa shape index (κ3) is 3.54. The maximum Gasteiger partial charge on any atom is 0.245 e. The average Bonchev–Trinajstić information content (AvgIpc) is 2.79. The first-order chi connectivity index (χ1) is 9.70. The molecule has 6 heteroatoms. The zero-order valence-corrected chi connectivity index (χ0v) is 13.2. The highest BCUT2D eigenvalue weighted by Gasteiger charge is 2.46. The molecule has 0 saturated carbocycles. The average molecular weight is 300 g/mol. The van der Waals surface area contributed by atoms with Crippen molar-refractivity contribution in [2.24, 2.45) is 5.41 Å². The molecule has 0 aromatic rings. The fraction of sp³-hybridized carbons (Fsp3) is 0.867. The van der Waals surface area contributed by atoms with E-state index in [2.05, 4.69) is 5.32 Å². The quantitative estimate of drug-likeness (QED) is 0.854. The highest BCUT2D eigenvalue weighted by molar-refractivity contribution is 5.90. The van der Waals surface area contributed by atoms with Crippen LogP contribution in [0.25, 0.3) is 0 Å². The minimum absolute atomic E-state index is 0.0338. The topological polar surface area (TPSA) is 58.6 Å². The predicted molar refractivity (Wildman–Crippen MR) is 76.4 cm³/mol. The van der Waals surface area contributed by atoms with Gasteiger partial charge in [0, 0.05) is 18.4 Å². The van der Waals surface area contributed by atoms with Gasteiger partial charge in [0.25, 0.3) is 0 Å². The number of piperidine rings is 1. The van der Waals surface area contributed by atoms with Gasteiger partial charge in [0.1, 0.15) is 12.2 Å². The molecular formula is C15H25FN2O3. The van der Waals surface area contributed by atoms with E-state index in [0.717, 1.165) is 0 Å². The van der Waals surface area contributed by atoms with Crippen molar-refractivity contribution < 1.29 is 18.7 Å². The van der Waals surface area contributed by atoms with Gasteiger partial charge < -0.3 is 15.0 Å². The molecular weight excluding hydrogens is 275 g/mol. The van der Waals surface area contributed by atoms with Crippen molar-refractivity contribution in [3.63, 3.8) is 0 Å². The maximum absolute atomic E-state index is 14.5. The van der Waals surface area contributed by atoms with Crippen LogP contribution < -0.4 is 5.32 Å². The van der Waals surface area contributed by atoms with Gasteiger partial charge in [-0.1, -0.05) is 13.8 Å². The highest BCUT2D eigenvalue weighted by Crippen LogP contribution is 2.34. The van der Waals surface area contributed by atoms with Crippen LogP contribution in [0, 0.1) is 5.41 Å². The largest absolute Gasteiger partial charge is 0.372 e. The molecule has 3 atom stereocenters. The summed E-state index contributed by atoms with van der Waals surface area (Å²) in [5.41, 5.74) is -0.458. The Morgan fingerprint density at radius 2 is 2.14 bits per heavy atom. The second kappa shape index (κ2) is 5.91. The summed E-state index contributed by atoms with van der Waals surface area (Å²) in [5.74, 6) is -0.290. The summed E-state index contributed by atoms with van der Waals surface area (Å²) in [7, 11) is 0. The van der Waals surface area contributed by atoms with Gasteiger partial charge in [-0.2, -0.15) is 0 Å². The summed E-state index contributed by atoms with van der Waals surface area (Å²) in [4.78, 5) is 25.2. The summed E-state index contributed by atoms with van der Waals surface area (Å²) in [6.07, 6.45) is -0.913. The van der Waals surface area contributed by atoms with Crippen LogP contribution in [0.5, 0.6) is 0 Å². The lowest BCUT2D eigenvalue weighted by Crippen LogP contribution is -2.60. The van der Waals surface area contributed by atoms with E-state index in [0.29, 0.717) is 19.4 Å². The molecule has 2 fully saturated rings. The SMILES string of the molecule is CC(C)O[C@@H]1[C@H](F)CN(C(=O)[C@@H]2CCC(=O)N2)CC1(C)C. The van der Waals surface area contributed by atoms with Gasteiger partial charge in [0.15, 0.2) is 0 Å². The van der Waals surface area contributed by atoms with E-state index >= 15 is 0 Å². The lowest BCUT2D eigenvalue weighted by atomic mass is 9.79. The molecule has 2 saturated heterocycles. The monoisotopic (exact) mass is 300 g/mol. The maximum atomic E-state index is 14.5. The third-order valence-electron chi connectivity index (χ3n) is 4.12. The van der Waals surface area contributed by atoms with Gasteiger partial charge in [-0.15, -0.1) is 0 Å². The molecule has 0 aromatic heterocycles. The lowest BCUT2D eigenvalue weighted by Gasteiger charge is -2.46. The number of alkyl halides is 1. The smallest absolute Gasteiger partial charge is 0.245 e. The molecule has 2 aliphatic rings.